The van der Waals surface area contributed by atoms with Crippen LogP contribution in [0.25, 0.3) is 0 Å². The Morgan fingerprint density at radius 2 is 1.85 bits per heavy atom. The molecule has 7 heteroatoms. The number of nitrogens with two attached hydrogens (primary N) is 1. The van der Waals surface area contributed by atoms with Crippen LogP contribution in [0.3, 0.4) is 0 Å². The third-order valence-electron chi connectivity index (χ3n) is 4.94. The van der Waals surface area contributed by atoms with Crippen molar-refractivity contribution < 1.29 is 13.2 Å². The highest BCUT2D eigenvalue weighted by Gasteiger charge is 2.39. The molecule has 0 amide bonds. The zero-order valence-corrected chi connectivity index (χ0v) is 16.6. The molecule has 0 aliphatic carbocycles. The van der Waals surface area contributed by atoms with Crippen LogP contribution in [0.15, 0.2) is 53.4 Å². The first kappa shape index (κ1) is 20.7. The summed E-state index contributed by atoms with van der Waals surface area (Å²) in [6.07, 6.45) is 0. The molecule has 142 valence electrons. The second-order valence-corrected chi connectivity index (χ2v) is 8.40. The van der Waals surface area contributed by atoms with Gasteiger partial charge in [0.1, 0.15) is 5.75 Å². The molecule has 3 rings (SSSR count). The van der Waals surface area contributed by atoms with Crippen molar-refractivity contribution in [3.05, 3.63) is 59.7 Å². The van der Waals surface area contributed by atoms with E-state index in [9.17, 15) is 8.42 Å². The fraction of sp³-hybridized carbons (Fsp3) is 0.368. The predicted molar refractivity (Wildman–Crippen MR) is 105 cm³/mol. The summed E-state index contributed by atoms with van der Waals surface area (Å²) in [5.41, 5.74) is 7.87. The van der Waals surface area contributed by atoms with Crippen molar-refractivity contribution in [1.29, 1.82) is 0 Å². The first-order chi connectivity index (χ1) is 12.0. The summed E-state index contributed by atoms with van der Waals surface area (Å²) in [5, 5.41) is 0. The summed E-state index contributed by atoms with van der Waals surface area (Å²) in [4.78, 5) is 0.301. The smallest absolute Gasteiger partial charge is 0.243 e. The molecule has 0 aromatic heterocycles. The second-order valence-electron chi connectivity index (χ2n) is 6.47. The Morgan fingerprint density at radius 3 is 2.42 bits per heavy atom. The minimum absolute atomic E-state index is 0. The Labute approximate surface area is 161 Å². The van der Waals surface area contributed by atoms with Gasteiger partial charge in [0.2, 0.25) is 10.0 Å². The molecule has 0 bridgehead atoms. The highest BCUT2D eigenvalue weighted by Crippen LogP contribution is 2.35. The average Bonchev–Trinajstić information content (AvgIpc) is 3.07. The van der Waals surface area contributed by atoms with Crippen molar-refractivity contribution in [2.75, 3.05) is 26.7 Å². The summed E-state index contributed by atoms with van der Waals surface area (Å²) in [7, 11) is -1.97. The van der Waals surface area contributed by atoms with Crippen molar-refractivity contribution in [2.24, 2.45) is 11.7 Å². The van der Waals surface area contributed by atoms with Crippen LogP contribution < -0.4 is 10.5 Å². The molecule has 1 fully saturated rings. The lowest BCUT2D eigenvalue weighted by atomic mass is 9.89. The number of aryl methyl sites for hydroxylation is 1. The normalized spacial score (nSPS) is 20.6. The fourth-order valence-corrected chi connectivity index (χ4v) is 5.11. The number of hydrogen-bond donors (Lipinski definition) is 1. The Hall–Kier alpha value is -1.60. The third kappa shape index (κ3) is 3.88. The summed E-state index contributed by atoms with van der Waals surface area (Å²) in [5.74, 6) is 0.930. The van der Waals surface area contributed by atoms with E-state index in [4.69, 9.17) is 10.5 Å². The van der Waals surface area contributed by atoms with Gasteiger partial charge < -0.3 is 10.5 Å². The minimum Gasteiger partial charge on any atom is -0.496 e. The van der Waals surface area contributed by atoms with Crippen LogP contribution in [0.2, 0.25) is 0 Å². The van der Waals surface area contributed by atoms with Crippen LogP contribution >= 0.6 is 12.4 Å². The van der Waals surface area contributed by atoms with Crippen LogP contribution in [0.5, 0.6) is 5.75 Å². The van der Waals surface area contributed by atoms with Gasteiger partial charge in [0.05, 0.1) is 12.0 Å². The molecule has 1 saturated heterocycles. The molecule has 2 aromatic carbocycles. The topological polar surface area (TPSA) is 72.6 Å². The van der Waals surface area contributed by atoms with Crippen LogP contribution in [-0.4, -0.2) is 39.5 Å². The molecular weight excluding hydrogens is 372 g/mol. The van der Waals surface area contributed by atoms with Gasteiger partial charge in [0.15, 0.2) is 0 Å². The first-order valence-corrected chi connectivity index (χ1v) is 9.81. The molecule has 1 aliphatic rings. The molecule has 0 unspecified atom stereocenters. The van der Waals surface area contributed by atoms with Crippen molar-refractivity contribution >= 4 is 22.4 Å². The highest BCUT2D eigenvalue weighted by molar-refractivity contribution is 7.89. The van der Waals surface area contributed by atoms with Crippen LogP contribution in [0, 0.1) is 12.8 Å². The van der Waals surface area contributed by atoms with E-state index in [-0.39, 0.29) is 24.2 Å². The second kappa shape index (κ2) is 8.39. The van der Waals surface area contributed by atoms with Crippen molar-refractivity contribution in [3.8, 4) is 5.75 Å². The molecule has 2 atom stereocenters. The number of sulfonamides is 1. The maximum absolute atomic E-state index is 13.1. The van der Waals surface area contributed by atoms with Crippen LogP contribution in [0.1, 0.15) is 17.0 Å². The first-order valence-electron chi connectivity index (χ1n) is 8.37. The van der Waals surface area contributed by atoms with E-state index < -0.39 is 10.0 Å². The van der Waals surface area contributed by atoms with Gasteiger partial charge in [-0.3, -0.25) is 0 Å². The van der Waals surface area contributed by atoms with E-state index in [1.54, 1.807) is 29.6 Å². The number of methoxy groups -OCH3 is 1. The van der Waals surface area contributed by atoms with E-state index >= 15 is 0 Å². The number of benzene rings is 2. The summed E-state index contributed by atoms with van der Waals surface area (Å²) < 4.78 is 32.9. The lowest BCUT2D eigenvalue weighted by molar-refractivity contribution is 0.411. The molecule has 2 aromatic rings. The van der Waals surface area contributed by atoms with Crippen molar-refractivity contribution in [3.63, 3.8) is 0 Å². The van der Waals surface area contributed by atoms with Crippen LogP contribution in [0.4, 0.5) is 0 Å². The van der Waals surface area contributed by atoms with E-state index in [0.717, 1.165) is 11.1 Å². The zero-order chi connectivity index (χ0) is 18.0. The number of hydrogen-bond acceptors (Lipinski definition) is 4. The summed E-state index contributed by atoms with van der Waals surface area (Å²) in [6.45, 7) is 3.22. The van der Waals surface area contributed by atoms with Gasteiger partial charge in [-0.1, -0.05) is 30.3 Å². The largest absolute Gasteiger partial charge is 0.496 e. The lowest BCUT2D eigenvalue weighted by Gasteiger charge is -2.17. The lowest BCUT2D eigenvalue weighted by Crippen LogP contribution is -2.30. The molecule has 1 aliphatic heterocycles. The average molecular weight is 397 g/mol. The molecule has 0 spiro atoms. The summed E-state index contributed by atoms with van der Waals surface area (Å²) in [6, 6.07) is 15.0. The van der Waals surface area contributed by atoms with Gasteiger partial charge >= 0.3 is 0 Å². The third-order valence-corrected chi connectivity index (χ3v) is 6.77. The molecule has 0 radical (unpaired) electrons. The minimum atomic E-state index is -3.55. The Morgan fingerprint density at radius 1 is 1.15 bits per heavy atom. The zero-order valence-electron chi connectivity index (χ0n) is 15.0. The standard InChI is InChI=1S/C19H24N2O3S.ClH/c1-14-10-17(8-9-19(14)24-2)25(22,23)21-12-16(11-20)18(13-21)15-6-4-3-5-7-15;/h3-10,16,18H,11-13,20H2,1-2H3;1H/t16-,18+;/m1./s1. The Balaban J connectivity index is 0.00000243. The predicted octanol–water partition coefficient (Wildman–Crippen LogP) is 2.79. The van der Waals surface area contributed by atoms with E-state index in [2.05, 4.69) is 0 Å². The van der Waals surface area contributed by atoms with Crippen molar-refractivity contribution in [2.45, 2.75) is 17.7 Å². The molecular formula is C19H25ClN2O3S. The molecule has 26 heavy (non-hydrogen) atoms. The molecule has 5 nitrogen and oxygen atoms in total. The van der Waals surface area contributed by atoms with Crippen LogP contribution in [-0.2, 0) is 10.0 Å². The summed E-state index contributed by atoms with van der Waals surface area (Å²) >= 11 is 0. The number of ether oxygens (including phenoxy) is 1. The molecule has 2 N–H and O–H groups in total. The van der Waals surface area contributed by atoms with E-state index in [0.29, 0.717) is 30.3 Å². The van der Waals surface area contributed by atoms with Gasteiger partial charge in [-0.2, -0.15) is 4.31 Å². The van der Waals surface area contributed by atoms with Gasteiger partial charge in [0.25, 0.3) is 0 Å². The molecule has 0 saturated carbocycles. The fourth-order valence-electron chi connectivity index (χ4n) is 3.51. The number of halogens is 1. The number of nitrogens with zero attached hydrogens (tertiary/aromatic N) is 1. The van der Waals surface area contributed by atoms with E-state index in [1.165, 1.54) is 0 Å². The number of rotatable bonds is 5. The Kier molecular flexibility index (Phi) is 6.69. The van der Waals surface area contributed by atoms with E-state index in [1.807, 2.05) is 37.3 Å². The monoisotopic (exact) mass is 396 g/mol. The maximum atomic E-state index is 13.1. The van der Waals surface area contributed by atoms with Gasteiger partial charge in [-0.15, -0.1) is 12.4 Å². The molecule has 1 heterocycles. The Bertz CT molecular complexity index is 843. The van der Waals surface area contributed by atoms with Gasteiger partial charge in [-0.25, -0.2) is 8.42 Å². The SMILES string of the molecule is COc1ccc(S(=O)(=O)N2C[C@@H](CN)[C@H](c3ccccc3)C2)cc1C.Cl. The maximum Gasteiger partial charge on any atom is 0.243 e. The van der Waals surface area contributed by atoms with Gasteiger partial charge in [0, 0.05) is 19.0 Å². The van der Waals surface area contributed by atoms with Gasteiger partial charge in [-0.05, 0) is 48.7 Å². The highest BCUT2D eigenvalue weighted by atomic mass is 35.5. The van der Waals surface area contributed by atoms with Crippen molar-refractivity contribution in [1.82, 2.24) is 4.31 Å². The quantitative estimate of drug-likeness (QED) is 0.843.